The Morgan fingerprint density at radius 1 is 1.22 bits per heavy atom. The van der Waals surface area contributed by atoms with Crippen LogP contribution in [-0.2, 0) is 4.79 Å². The summed E-state index contributed by atoms with van der Waals surface area (Å²) in [4.78, 5) is 11.6. The van der Waals surface area contributed by atoms with Gasteiger partial charge in [-0.3, -0.25) is 0 Å². The molecule has 0 saturated heterocycles. The fraction of sp³-hybridized carbons (Fsp3) is 0.167. The van der Waals surface area contributed by atoms with Crippen molar-refractivity contribution in [1.82, 2.24) is 0 Å². The lowest BCUT2D eigenvalue weighted by Crippen LogP contribution is -2.00. The topological polar surface area (TPSA) is 76.0 Å². The van der Waals surface area contributed by atoms with E-state index in [0.29, 0.717) is 29.2 Å². The molecule has 0 radical (unpaired) electrons. The number of methoxy groups -OCH3 is 1. The number of carbonyl (C=O) groups is 1. The number of aliphatic carboxylic acids is 1. The van der Waals surface area contributed by atoms with Crippen LogP contribution in [-0.4, -0.2) is 29.9 Å². The second kappa shape index (κ2) is 7.35. The third-order valence-electron chi connectivity index (χ3n) is 3.21. The molecule has 2 rings (SSSR count). The van der Waals surface area contributed by atoms with Crippen LogP contribution >= 0.6 is 0 Å². The molecule has 0 atom stereocenters. The van der Waals surface area contributed by atoms with Crippen LogP contribution in [0.5, 0.6) is 17.2 Å². The molecule has 0 aliphatic heterocycles. The molecule has 0 unspecified atom stereocenters. The Balaban J connectivity index is 2.46. The summed E-state index contributed by atoms with van der Waals surface area (Å²) in [7, 11) is 1.53. The molecule has 0 amide bonds. The van der Waals surface area contributed by atoms with Crippen molar-refractivity contribution in [3.05, 3.63) is 53.6 Å². The van der Waals surface area contributed by atoms with Gasteiger partial charge in [0.25, 0.3) is 0 Å². The molecule has 0 aliphatic carbocycles. The number of benzene rings is 2. The molecule has 0 heterocycles. The first-order valence-corrected chi connectivity index (χ1v) is 7.10. The standard InChI is InChI=1S/C18H18O5/c1-3-23-17-10-12(7-8-16(17)19)9-15(18(20)21)13-5-4-6-14(11-13)22-2/h4-11,19H,3H2,1-2H3,(H,20,21)/b15-9-. The molecule has 0 spiro atoms. The van der Waals surface area contributed by atoms with Crippen LogP contribution in [0.1, 0.15) is 18.1 Å². The predicted octanol–water partition coefficient (Wildman–Crippen LogP) is 3.42. The minimum absolute atomic E-state index is 0.0160. The van der Waals surface area contributed by atoms with Gasteiger partial charge in [-0.2, -0.15) is 0 Å². The number of carboxylic acid groups (broad SMARTS) is 1. The smallest absolute Gasteiger partial charge is 0.336 e. The van der Waals surface area contributed by atoms with Crippen LogP contribution in [0.3, 0.4) is 0 Å². The van der Waals surface area contributed by atoms with E-state index in [9.17, 15) is 15.0 Å². The van der Waals surface area contributed by atoms with Crippen LogP contribution in [0.15, 0.2) is 42.5 Å². The molecule has 5 nitrogen and oxygen atoms in total. The van der Waals surface area contributed by atoms with E-state index in [2.05, 4.69) is 0 Å². The summed E-state index contributed by atoms with van der Waals surface area (Å²) >= 11 is 0. The maximum Gasteiger partial charge on any atom is 0.336 e. The summed E-state index contributed by atoms with van der Waals surface area (Å²) in [5, 5.41) is 19.2. The first-order chi connectivity index (χ1) is 11.0. The maximum atomic E-state index is 11.6. The lowest BCUT2D eigenvalue weighted by atomic mass is 10.0. The van der Waals surface area contributed by atoms with Crippen LogP contribution in [0.4, 0.5) is 0 Å². The van der Waals surface area contributed by atoms with E-state index in [-0.39, 0.29) is 11.3 Å². The predicted molar refractivity (Wildman–Crippen MR) is 87.8 cm³/mol. The number of rotatable bonds is 6. The molecule has 2 aromatic rings. The quantitative estimate of drug-likeness (QED) is 0.631. The molecule has 0 aromatic heterocycles. The Hall–Kier alpha value is -2.95. The van der Waals surface area contributed by atoms with E-state index in [4.69, 9.17) is 9.47 Å². The number of phenolic OH excluding ortho intramolecular Hbond substituents is 1. The summed E-state index contributed by atoms with van der Waals surface area (Å²) < 4.78 is 10.4. The molecule has 23 heavy (non-hydrogen) atoms. The van der Waals surface area contributed by atoms with Crippen molar-refractivity contribution in [3.63, 3.8) is 0 Å². The first-order valence-electron chi connectivity index (χ1n) is 7.10. The molecule has 0 fully saturated rings. The molecule has 0 saturated carbocycles. The highest BCUT2D eigenvalue weighted by atomic mass is 16.5. The molecule has 2 N–H and O–H groups in total. The van der Waals surface area contributed by atoms with Gasteiger partial charge in [0.05, 0.1) is 19.3 Å². The fourth-order valence-electron chi connectivity index (χ4n) is 2.12. The van der Waals surface area contributed by atoms with E-state index < -0.39 is 5.97 Å². The average molecular weight is 314 g/mol. The van der Waals surface area contributed by atoms with Crippen molar-refractivity contribution < 1.29 is 24.5 Å². The van der Waals surface area contributed by atoms with Gasteiger partial charge in [0.1, 0.15) is 5.75 Å². The van der Waals surface area contributed by atoms with Crippen molar-refractivity contribution in [2.45, 2.75) is 6.92 Å². The maximum absolute atomic E-state index is 11.6. The Morgan fingerprint density at radius 3 is 2.65 bits per heavy atom. The lowest BCUT2D eigenvalue weighted by Gasteiger charge is -2.08. The minimum Gasteiger partial charge on any atom is -0.504 e. The zero-order valence-corrected chi connectivity index (χ0v) is 12.9. The van der Waals surface area contributed by atoms with Crippen LogP contribution in [0, 0.1) is 0 Å². The largest absolute Gasteiger partial charge is 0.504 e. The number of aromatic hydroxyl groups is 1. The van der Waals surface area contributed by atoms with Crippen molar-refractivity contribution in [1.29, 1.82) is 0 Å². The van der Waals surface area contributed by atoms with Crippen molar-refractivity contribution in [2.24, 2.45) is 0 Å². The summed E-state index contributed by atoms with van der Waals surface area (Å²) in [5.41, 5.74) is 1.27. The van der Waals surface area contributed by atoms with Crippen LogP contribution < -0.4 is 9.47 Å². The number of hydrogen-bond acceptors (Lipinski definition) is 4. The number of phenols is 1. The molecule has 5 heteroatoms. The molecule has 120 valence electrons. The van der Waals surface area contributed by atoms with Crippen molar-refractivity contribution in [2.75, 3.05) is 13.7 Å². The molecular weight excluding hydrogens is 296 g/mol. The average Bonchev–Trinajstić information content (AvgIpc) is 2.55. The highest BCUT2D eigenvalue weighted by Crippen LogP contribution is 2.29. The van der Waals surface area contributed by atoms with Gasteiger partial charge in [0.2, 0.25) is 0 Å². The normalized spacial score (nSPS) is 11.1. The van der Waals surface area contributed by atoms with Gasteiger partial charge in [0.15, 0.2) is 11.5 Å². The monoisotopic (exact) mass is 314 g/mol. The number of ether oxygens (including phenoxy) is 2. The SMILES string of the molecule is CCOc1cc(/C=C(\C(=O)O)c2cccc(OC)c2)ccc1O. The van der Waals surface area contributed by atoms with Crippen molar-refractivity contribution in [3.8, 4) is 17.2 Å². The van der Waals surface area contributed by atoms with Gasteiger partial charge in [-0.15, -0.1) is 0 Å². The lowest BCUT2D eigenvalue weighted by molar-refractivity contribution is -0.130. The van der Waals surface area contributed by atoms with Gasteiger partial charge in [-0.1, -0.05) is 18.2 Å². The Kier molecular flexibility index (Phi) is 5.25. The van der Waals surface area contributed by atoms with Gasteiger partial charge in [-0.05, 0) is 48.4 Å². The second-order valence-corrected chi connectivity index (χ2v) is 4.76. The van der Waals surface area contributed by atoms with E-state index >= 15 is 0 Å². The van der Waals surface area contributed by atoms with Gasteiger partial charge >= 0.3 is 5.97 Å². The summed E-state index contributed by atoms with van der Waals surface area (Å²) in [6.07, 6.45) is 1.53. The highest BCUT2D eigenvalue weighted by Gasteiger charge is 2.12. The van der Waals surface area contributed by atoms with E-state index in [0.717, 1.165) is 0 Å². The molecule has 0 bridgehead atoms. The zero-order valence-electron chi connectivity index (χ0n) is 12.9. The summed E-state index contributed by atoms with van der Waals surface area (Å²) in [5.74, 6) is -0.140. The third-order valence-corrected chi connectivity index (χ3v) is 3.21. The van der Waals surface area contributed by atoms with E-state index in [1.54, 1.807) is 43.3 Å². The fourth-order valence-corrected chi connectivity index (χ4v) is 2.12. The first kappa shape index (κ1) is 16.4. The molecule has 0 aliphatic rings. The molecular formula is C18H18O5. The Labute approximate surface area is 134 Å². The van der Waals surface area contributed by atoms with Crippen molar-refractivity contribution >= 4 is 17.6 Å². The zero-order chi connectivity index (χ0) is 16.8. The minimum atomic E-state index is -1.05. The van der Waals surface area contributed by atoms with Gasteiger partial charge < -0.3 is 19.7 Å². The highest BCUT2D eigenvalue weighted by molar-refractivity contribution is 6.20. The second-order valence-electron chi connectivity index (χ2n) is 4.76. The Bertz CT molecular complexity index is 734. The summed E-state index contributed by atoms with van der Waals surface area (Å²) in [6, 6.07) is 11.5. The van der Waals surface area contributed by atoms with Crippen LogP contribution in [0.25, 0.3) is 11.6 Å². The van der Waals surface area contributed by atoms with E-state index in [1.165, 1.54) is 19.3 Å². The van der Waals surface area contributed by atoms with Gasteiger partial charge in [0, 0.05) is 0 Å². The molecule has 2 aromatic carbocycles. The number of carboxylic acids is 1. The third kappa shape index (κ3) is 4.03. The van der Waals surface area contributed by atoms with Gasteiger partial charge in [-0.25, -0.2) is 4.79 Å². The van der Waals surface area contributed by atoms with E-state index in [1.807, 2.05) is 0 Å². The van der Waals surface area contributed by atoms with Crippen LogP contribution in [0.2, 0.25) is 0 Å². The number of hydrogen-bond donors (Lipinski definition) is 2. The summed E-state index contributed by atoms with van der Waals surface area (Å²) in [6.45, 7) is 2.21. The Morgan fingerprint density at radius 2 is 2.00 bits per heavy atom.